The molecular weight excluding hydrogens is 300 g/mol. The van der Waals surface area contributed by atoms with Gasteiger partial charge in [-0.3, -0.25) is 10.1 Å². The number of hydrazine groups is 1. The summed E-state index contributed by atoms with van der Waals surface area (Å²) in [7, 11) is -7.67. The second-order valence-corrected chi connectivity index (χ2v) is 6.60. The van der Waals surface area contributed by atoms with E-state index in [-0.39, 0.29) is 4.41 Å². The quantitative estimate of drug-likeness (QED) is 0.521. The minimum absolute atomic E-state index is 0.182. The highest BCUT2D eigenvalue weighted by atomic mass is 32.2. The number of nitro benzene ring substituents is 1. The van der Waals surface area contributed by atoms with E-state index >= 15 is 0 Å². The smallest absolute Gasteiger partial charge is 0.258 e. The maximum absolute atomic E-state index is 11.8. The van der Waals surface area contributed by atoms with Crippen LogP contribution in [0.1, 0.15) is 0 Å². The van der Waals surface area contributed by atoms with E-state index < -0.39 is 35.7 Å². The van der Waals surface area contributed by atoms with Gasteiger partial charge >= 0.3 is 0 Å². The molecule has 19 heavy (non-hydrogen) atoms. The molecule has 0 saturated heterocycles. The molecule has 0 atom stereocenters. The summed E-state index contributed by atoms with van der Waals surface area (Å²) < 4.78 is 45.5. The van der Waals surface area contributed by atoms with Crippen LogP contribution in [0.15, 0.2) is 29.2 Å². The van der Waals surface area contributed by atoms with Gasteiger partial charge in [-0.15, -0.1) is 9.25 Å². The Bertz CT molecular complexity index is 698. The zero-order valence-electron chi connectivity index (χ0n) is 9.55. The van der Waals surface area contributed by atoms with Crippen molar-refractivity contribution in [1.82, 2.24) is 9.25 Å². The Morgan fingerprint density at radius 1 is 1.32 bits per heavy atom. The molecular formula is C7H10N4O6S2. The number of hydrogen-bond acceptors (Lipinski definition) is 6. The summed E-state index contributed by atoms with van der Waals surface area (Å²) in [5.74, 6) is 0. The molecule has 0 aliphatic carbocycles. The van der Waals surface area contributed by atoms with Crippen LogP contribution in [0, 0.1) is 10.1 Å². The van der Waals surface area contributed by atoms with E-state index in [9.17, 15) is 26.9 Å². The standard InChI is InChI=1S/C7H10N4O6S2/c1-10(19(8,16)17)9-18(14,15)7-4-2-3-6(5-7)11(12)13/h2-5,9H,1H3,(H2,8,16,17). The van der Waals surface area contributed by atoms with Crippen molar-refractivity contribution in [3.8, 4) is 0 Å². The number of nitrogens with two attached hydrogens (primary N) is 1. The number of rotatable bonds is 5. The van der Waals surface area contributed by atoms with Crippen LogP contribution in [-0.4, -0.2) is 33.2 Å². The van der Waals surface area contributed by atoms with Gasteiger partial charge in [0.05, 0.1) is 9.82 Å². The van der Waals surface area contributed by atoms with E-state index in [1.54, 1.807) is 4.83 Å². The number of nitrogens with zero attached hydrogens (tertiary/aromatic N) is 2. The Kier molecular flexibility index (Phi) is 4.21. The average molecular weight is 310 g/mol. The summed E-state index contributed by atoms with van der Waals surface area (Å²) in [6.45, 7) is 0. The van der Waals surface area contributed by atoms with Crippen molar-refractivity contribution in [3.63, 3.8) is 0 Å². The summed E-state index contributed by atoms with van der Waals surface area (Å²) in [6.07, 6.45) is 0. The lowest BCUT2D eigenvalue weighted by molar-refractivity contribution is -0.385. The highest BCUT2D eigenvalue weighted by Crippen LogP contribution is 2.17. The first-order valence-corrected chi connectivity index (χ1v) is 7.56. The van der Waals surface area contributed by atoms with Crippen LogP contribution in [0.3, 0.4) is 0 Å². The summed E-state index contributed by atoms with van der Waals surface area (Å²) in [5.41, 5.74) is -0.443. The van der Waals surface area contributed by atoms with Crippen LogP contribution in [0.5, 0.6) is 0 Å². The maximum Gasteiger partial charge on any atom is 0.290 e. The number of sulfonamides is 1. The van der Waals surface area contributed by atoms with Crippen molar-refractivity contribution >= 4 is 25.9 Å². The van der Waals surface area contributed by atoms with E-state index in [1.165, 1.54) is 0 Å². The van der Waals surface area contributed by atoms with Gasteiger partial charge in [-0.25, -0.2) is 13.6 Å². The lowest BCUT2D eigenvalue weighted by atomic mass is 10.3. The highest BCUT2D eigenvalue weighted by Gasteiger charge is 2.23. The van der Waals surface area contributed by atoms with Crippen LogP contribution in [0.2, 0.25) is 0 Å². The van der Waals surface area contributed by atoms with Gasteiger partial charge in [-0.05, 0) is 6.07 Å². The predicted octanol–water partition coefficient (Wildman–Crippen LogP) is -1.08. The molecule has 0 aromatic heterocycles. The molecule has 0 amide bonds. The Labute approximate surface area is 109 Å². The molecule has 106 valence electrons. The van der Waals surface area contributed by atoms with Crippen LogP contribution in [0.4, 0.5) is 5.69 Å². The second kappa shape index (κ2) is 5.18. The number of hydrogen-bond donors (Lipinski definition) is 2. The summed E-state index contributed by atoms with van der Waals surface area (Å²) in [6, 6.07) is 4.12. The molecule has 0 radical (unpaired) electrons. The Morgan fingerprint density at radius 2 is 1.89 bits per heavy atom. The predicted molar refractivity (Wildman–Crippen MR) is 64.3 cm³/mol. The zero-order valence-corrected chi connectivity index (χ0v) is 11.2. The van der Waals surface area contributed by atoms with Crippen LogP contribution < -0.4 is 9.97 Å². The summed E-state index contributed by atoms with van der Waals surface area (Å²) in [4.78, 5) is 10.9. The first-order valence-electron chi connectivity index (χ1n) is 4.57. The zero-order chi connectivity index (χ0) is 14.8. The van der Waals surface area contributed by atoms with Crippen molar-refractivity contribution in [2.75, 3.05) is 7.05 Å². The number of nitro groups is 1. The minimum Gasteiger partial charge on any atom is -0.258 e. The first-order chi connectivity index (χ1) is 8.54. The molecule has 0 aliphatic heterocycles. The van der Waals surface area contributed by atoms with E-state index in [0.29, 0.717) is 0 Å². The fraction of sp³-hybridized carbons (Fsp3) is 0.143. The van der Waals surface area contributed by atoms with Gasteiger partial charge in [0.15, 0.2) is 0 Å². The Hall–Kier alpha value is -1.60. The molecule has 3 N–H and O–H groups in total. The van der Waals surface area contributed by atoms with Gasteiger partial charge in [0.1, 0.15) is 0 Å². The lowest BCUT2D eigenvalue weighted by Gasteiger charge is -2.14. The van der Waals surface area contributed by atoms with Gasteiger partial charge < -0.3 is 0 Å². The van der Waals surface area contributed by atoms with E-state index in [4.69, 9.17) is 5.14 Å². The molecule has 0 bridgehead atoms. The average Bonchev–Trinajstić information content (AvgIpc) is 2.27. The van der Waals surface area contributed by atoms with Gasteiger partial charge in [-0.1, -0.05) is 6.07 Å². The van der Waals surface area contributed by atoms with E-state index in [2.05, 4.69) is 0 Å². The van der Waals surface area contributed by atoms with Crippen molar-refractivity contribution in [2.45, 2.75) is 4.90 Å². The monoisotopic (exact) mass is 310 g/mol. The largest absolute Gasteiger partial charge is 0.290 e. The number of non-ortho nitro benzene ring substituents is 1. The van der Waals surface area contributed by atoms with Crippen LogP contribution in [0.25, 0.3) is 0 Å². The van der Waals surface area contributed by atoms with Crippen molar-refractivity contribution in [1.29, 1.82) is 0 Å². The maximum atomic E-state index is 11.8. The van der Waals surface area contributed by atoms with Crippen LogP contribution in [-0.2, 0) is 20.2 Å². The molecule has 0 heterocycles. The third-order valence-corrected chi connectivity index (χ3v) is 4.33. The third kappa shape index (κ3) is 3.93. The molecule has 0 aliphatic rings. The Balaban J connectivity index is 3.15. The lowest BCUT2D eigenvalue weighted by Crippen LogP contribution is -2.46. The van der Waals surface area contributed by atoms with Crippen molar-refractivity contribution in [2.24, 2.45) is 5.14 Å². The molecule has 0 fully saturated rings. The number of nitrogens with one attached hydrogen (secondary N) is 1. The second-order valence-electron chi connectivity index (χ2n) is 3.36. The van der Waals surface area contributed by atoms with Crippen molar-refractivity contribution in [3.05, 3.63) is 34.4 Å². The molecule has 0 spiro atoms. The molecule has 10 nitrogen and oxygen atoms in total. The molecule has 0 unspecified atom stereocenters. The third-order valence-electron chi connectivity index (χ3n) is 1.97. The fourth-order valence-electron chi connectivity index (χ4n) is 1.04. The molecule has 1 aromatic carbocycles. The van der Waals surface area contributed by atoms with Crippen molar-refractivity contribution < 1.29 is 21.8 Å². The summed E-state index contributed by atoms with van der Waals surface area (Å²) in [5, 5.41) is 15.2. The Morgan fingerprint density at radius 3 is 2.37 bits per heavy atom. The van der Waals surface area contributed by atoms with Gasteiger partial charge in [0.2, 0.25) is 0 Å². The van der Waals surface area contributed by atoms with Gasteiger partial charge in [0, 0.05) is 19.2 Å². The first kappa shape index (κ1) is 15.5. The molecule has 0 saturated carbocycles. The minimum atomic E-state index is -4.29. The highest BCUT2D eigenvalue weighted by molar-refractivity contribution is 7.91. The SMILES string of the molecule is CN(NS(=O)(=O)c1cccc([N+](=O)[O-])c1)S(N)(=O)=O. The van der Waals surface area contributed by atoms with E-state index in [0.717, 1.165) is 31.3 Å². The molecule has 1 rings (SSSR count). The number of benzene rings is 1. The molecule has 1 aromatic rings. The fourth-order valence-corrected chi connectivity index (χ4v) is 2.73. The topological polar surface area (TPSA) is 153 Å². The van der Waals surface area contributed by atoms with E-state index in [1.807, 2.05) is 0 Å². The van der Waals surface area contributed by atoms with Crippen LogP contribution >= 0.6 is 0 Å². The molecule has 12 heteroatoms. The van der Waals surface area contributed by atoms with Gasteiger partial charge in [0.25, 0.3) is 25.9 Å². The normalized spacial score (nSPS) is 12.6. The van der Waals surface area contributed by atoms with Gasteiger partial charge in [-0.2, -0.15) is 8.42 Å². The summed E-state index contributed by atoms with van der Waals surface area (Å²) >= 11 is 0.